The monoisotopic (exact) mass is 404 g/mol. The Balaban J connectivity index is 1.51. The van der Waals surface area contributed by atoms with Crippen LogP contribution in [0, 0.1) is 0 Å². The molecule has 0 radical (unpaired) electrons. The molecular formula is C23H24N4O3. The zero-order valence-electron chi connectivity index (χ0n) is 16.5. The Kier molecular flexibility index (Phi) is 5.92. The number of nitrogens with one attached hydrogen (secondary N) is 1. The number of fused-ring (bicyclic) bond motifs is 1. The number of phenolic OH excluding ortho intramolecular Hbond substituents is 1. The van der Waals surface area contributed by atoms with Crippen molar-refractivity contribution in [3.63, 3.8) is 0 Å². The number of rotatable bonds is 5. The van der Waals surface area contributed by atoms with Crippen molar-refractivity contribution >= 4 is 28.6 Å². The first kappa shape index (κ1) is 19.9. The summed E-state index contributed by atoms with van der Waals surface area (Å²) in [5.74, 6) is -0.454. The summed E-state index contributed by atoms with van der Waals surface area (Å²) in [6.45, 7) is 4.29. The number of anilines is 1. The van der Waals surface area contributed by atoms with Crippen molar-refractivity contribution in [3.8, 4) is 5.75 Å². The number of hydrogen-bond acceptors (Lipinski definition) is 6. The van der Waals surface area contributed by atoms with Crippen LogP contribution in [-0.2, 0) is 11.3 Å². The van der Waals surface area contributed by atoms with E-state index in [1.165, 1.54) is 29.1 Å². The van der Waals surface area contributed by atoms with Gasteiger partial charge in [-0.3, -0.25) is 9.69 Å². The van der Waals surface area contributed by atoms with Gasteiger partial charge >= 0.3 is 0 Å². The van der Waals surface area contributed by atoms with Gasteiger partial charge < -0.3 is 15.6 Å². The predicted molar refractivity (Wildman–Crippen MR) is 118 cm³/mol. The first-order chi connectivity index (χ1) is 14.6. The number of carbonyl (C=O) groups is 1. The van der Waals surface area contributed by atoms with Gasteiger partial charge in [-0.1, -0.05) is 36.4 Å². The summed E-state index contributed by atoms with van der Waals surface area (Å²) >= 11 is 0. The normalized spacial score (nSPS) is 14.9. The van der Waals surface area contributed by atoms with E-state index in [9.17, 15) is 9.90 Å². The lowest BCUT2D eigenvalue weighted by Crippen LogP contribution is -2.35. The Bertz CT molecular complexity index is 1090. The van der Waals surface area contributed by atoms with E-state index in [4.69, 9.17) is 10.5 Å². The standard InChI is InChI=1S/C23H24N4O3/c24-21-13-16(7-8-22(21)28)23(29)26-25-14-17-3-1-6-20-18(4-2-5-19(17)20)15-27-9-11-30-12-10-27/h1-8,13-14,28H,9-12,15,24H2,(H,26,29)/b25-14+. The average Bonchev–Trinajstić information content (AvgIpc) is 2.77. The topological polar surface area (TPSA) is 100 Å². The summed E-state index contributed by atoms with van der Waals surface area (Å²) in [6, 6.07) is 16.6. The van der Waals surface area contributed by atoms with Crippen LogP contribution in [0.2, 0.25) is 0 Å². The molecule has 4 rings (SSSR count). The number of benzene rings is 3. The summed E-state index contributed by atoms with van der Waals surface area (Å²) in [4.78, 5) is 14.7. The highest BCUT2D eigenvalue weighted by Crippen LogP contribution is 2.23. The number of morpholine rings is 1. The Morgan fingerprint density at radius 3 is 2.70 bits per heavy atom. The highest BCUT2D eigenvalue weighted by atomic mass is 16.5. The minimum Gasteiger partial charge on any atom is -0.506 e. The number of phenols is 1. The number of nitrogen functional groups attached to an aromatic ring is 1. The second kappa shape index (κ2) is 8.94. The zero-order valence-corrected chi connectivity index (χ0v) is 16.5. The molecule has 0 atom stereocenters. The number of ether oxygens (including phenoxy) is 1. The molecule has 30 heavy (non-hydrogen) atoms. The summed E-state index contributed by atoms with van der Waals surface area (Å²) in [5.41, 5.74) is 10.8. The molecule has 7 heteroatoms. The van der Waals surface area contributed by atoms with E-state index in [0.29, 0.717) is 5.56 Å². The molecule has 1 fully saturated rings. The molecule has 1 amide bonds. The summed E-state index contributed by atoms with van der Waals surface area (Å²) in [7, 11) is 0. The van der Waals surface area contributed by atoms with Gasteiger partial charge in [0, 0.05) is 30.8 Å². The molecule has 154 valence electrons. The number of nitrogens with zero attached hydrogens (tertiary/aromatic N) is 2. The maximum atomic E-state index is 12.3. The van der Waals surface area contributed by atoms with E-state index in [1.807, 2.05) is 18.2 Å². The van der Waals surface area contributed by atoms with E-state index in [1.54, 1.807) is 6.21 Å². The van der Waals surface area contributed by atoms with Crippen molar-refractivity contribution < 1.29 is 14.6 Å². The third-order valence-electron chi connectivity index (χ3n) is 5.20. The van der Waals surface area contributed by atoms with Gasteiger partial charge in [-0.05, 0) is 34.5 Å². The van der Waals surface area contributed by atoms with Gasteiger partial charge in [0.2, 0.25) is 0 Å². The Morgan fingerprint density at radius 2 is 1.90 bits per heavy atom. The van der Waals surface area contributed by atoms with Gasteiger partial charge in [0.25, 0.3) is 5.91 Å². The molecule has 1 saturated heterocycles. The van der Waals surface area contributed by atoms with Crippen LogP contribution < -0.4 is 11.2 Å². The van der Waals surface area contributed by atoms with Crippen LogP contribution in [0.15, 0.2) is 59.7 Å². The van der Waals surface area contributed by atoms with Crippen molar-refractivity contribution in [1.82, 2.24) is 10.3 Å². The molecule has 1 aliphatic rings. The highest BCUT2D eigenvalue weighted by molar-refractivity contribution is 6.02. The van der Waals surface area contributed by atoms with Gasteiger partial charge in [0.15, 0.2) is 0 Å². The van der Waals surface area contributed by atoms with Gasteiger partial charge in [-0.15, -0.1) is 0 Å². The summed E-state index contributed by atoms with van der Waals surface area (Å²) in [6.07, 6.45) is 1.64. The Hall–Kier alpha value is -3.42. The van der Waals surface area contributed by atoms with Crippen LogP contribution in [-0.4, -0.2) is 48.4 Å². The molecule has 0 aliphatic carbocycles. The summed E-state index contributed by atoms with van der Waals surface area (Å²) < 4.78 is 5.44. The third-order valence-corrected chi connectivity index (χ3v) is 5.20. The predicted octanol–water partition coefficient (Wildman–Crippen LogP) is 2.72. The van der Waals surface area contributed by atoms with Gasteiger partial charge in [-0.2, -0.15) is 5.10 Å². The van der Waals surface area contributed by atoms with Crippen LogP contribution in [0.4, 0.5) is 5.69 Å². The number of hydrogen-bond donors (Lipinski definition) is 3. The number of amides is 1. The highest BCUT2D eigenvalue weighted by Gasteiger charge is 2.13. The molecule has 3 aromatic rings. The van der Waals surface area contributed by atoms with Gasteiger partial charge in [-0.25, -0.2) is 5.43 Å². The lowest BCUT2D eigenvalue weighted by Gasteiger charge is -2.27. The van der Waals surface area contributed by atoms with Crippen LogP contribution >= 0.6 is 0 Å². The van der Waals surface area contributed by atoms with Crippen LogP contribution in [0.3, 0.4) is 0 Å². The molecule has 1 heterocycles. The van der Waals surface area contributed by atoms with Crippen molar-refractivity contribution in [2.75, 3.05) is 32.0 Å². The number of aromatic hydroxyl groups is 1. The van der Waals surface area contributed by atoms with Gasteiger partial charge in [0.1, 0.15) is 5.75 Å². The maximum Gasteiger partial charge on any atom is 0.271 e. The maximum absolute atomic E-state index is 12.3. The lowest BCUT2D eigenvalue weighted by atomic mass is 10.00. The number of carbonyl (C=O) groups excluding carboxylic acids is 1. The van der Waals surface area contributed by atoms with E-state index in [0.717, 1.165) is 43.8 Å². The molecule has 7 nitrogen and oxygen atoms in total. The van der Waals surface area contributed by atoms with Crippen molar-refractivity contribution in [1.29, 1.82) is 0 Å². The second-order valence-electron chi connectivity index (χ2n) is 7.22. The molecule has 0 bridgehead atoms. The fourth-order valence-electron chi connectivity index (χ4n) is 3.57. The quantitative estimate of drug-likeness (QED) is 0.263. The third kappa shape index (κ3) is 4.42. The molecule has 0 spiro atoms. The average molecular weight is 404 g/mol. The molecule has 0 unspecified atom stereocenters. The van der Waals surface area contributed by atoms with E-state index < -0.39 is 5.91 Å². The Labute approximate surface area is 174 Å². The molecule has 0 saturated carbocycles. The van der Waals surface area contributed by atoms with Crippen molar-refractivity contribution in [2.45, 2.75) is 6.54 Å². The first-order valence-corrected chi connectivity index (χ1v) is 9.84. The van der Waals surface area contributed by atoms with Gasteiger partial charge in [0.05, 0.1) is 25.1 Å². The van der Waals surface area contributed by atoms with Crippen LogP contribution in [0.1, 0.15) is 21.5 Å². The molecular weight excluding hydrogens is 380 g/mol. The smallest absolute Gasteiger partial charge is 0.271 e. The number of hydrazone groups is 1. The minimum atomic E-state index is -0.397. The van der Waals surface area contributed by atoms with E-state index in [-0.39, 0.29) is 11.4 Å². The Morgan fingerprint density at radius 1 is 1.13 bits per heavy atom. The SMILES string of the molecule is Nc1cc(C(=O)N/N=C/c2cccc3c(CN4CCOCC4)cccc23)ccc1O. The first-order valence-electron chi connectivity index (χ1n) is 9.84. The molecule has 1 aliphatic heterocycles. The second-order valence-corrected chi connectivity index (χ2v) is 7.22. The lowest BCUT2D eigenvalue weighted by molar-refractivity contribution is 0.0343. The van der Waals surface area contributed by atoms with E-state index >= 15 is 0 Å². The fourth-order valence-corrected chi connectivity index (χ4v) is 3.57. The van der Waals surface area contributed by atoms with Crippen molar-refractivity contribution in [2.24, 2.45) is 5.10 Å². The molecule has 4 N–H and O–H groups in total. The van der Waals surface area contributed by atoms with E-state index in [2.05, 4.69) is 33.6 Å². The zero-order chi connectivity index (χ0) is 20.9. The van der Waals surface area contributed by atoms with Crippen molar-refractivity contribution in [3.05, 3.63) is 71.3 Å². The van der Waals surface area contributed by atoms with Crippen LogP contribution in [0.5, 0.6) is 5.75 Å². The largest absolute Gasteiger partial charge is 0.506 e. The fraction of sp³-hybridized carbons (Fsp3) is 0.217. The molecule has 3 aromatic carbocycles. The number of nitrogens with two attached hydrogens (primary N) is 1. The minimum absolute atomic E-state index is 0.0568. The molecule has 0 aromatic heterocycles. The van der Waals surface area contributed by atoms with Crippen LogP contribution in [0.25, 0.3) is 10.8 Å². The summed E-state index contributed by atoms with van der Waals surface area (Å²) in [5, 5.41) is 15.8.